The second-order valence-corrected chi connectivity index (χ2v) is 14.0. The summed E-state index contributed by atoms with van der Waals surface area (Å²) in [6.45, 7) is 7.80. The van der Waals surface area contributed by atoms with Gasteiger partial charge in [-0.25, -0.2) is 9.59 Å². The molecule has 2 bridgehead atoms. The number of hydrogen-bond donors (Lipinski definition) is 1. The lowest BCUT2D eigenvalue weighted by molar-refractivity contribution is -0.336. The Morgan fingerprint density at radius 2 is 1.46 bits per heavy atom. The van der Waals surface area contributed by atoms with Crippen molar-refractivity contribution >= 4 is 35.9 Å². The van der Waals surface area contributed by atoms with Gasteiger partial charge in [-0.1, -0.05) is 48.5 Å². The smallest absolute Gasteiger partial charge is 0.338 e. The molecule has 2 aliphatic carbocycles. The minimum absolute atomic E-state index is 0.0448. The Bertz CT molecular complexity index is 1630. The first kappa shape index (κ1) is 36.7. The minimum Gasteiger partial charge on any atom is -0.469 e. The molecule has 1 N–H and O–H groups in total. The molecule has 12 heteroatoms. The van der Waals surface area contributed by atoms with E-state index in [0.717, 1.165) is 5.56 Å². The molecule has 8 atom stereocenters. The van der Waals surface area contributed by atoms with E-state index in [2.05, 4.69) is 0 Å². The van der Waals surface area contributed by atoms with Gasteiger partial charge in [0.2, 0.25) is 0 Å². The highest BCUT2D eigenvalue weighted by atomic mass is 16.6. The van der Waals surface area contributed by atoms with Gasteiger partial charge in [0.15, 0.2) is 6.10 Å². The maximum atomic E-state index is 13.9. The number of carbonyl (C=O) groups is 5. The van der Waals surface area contributed by atoms with Crippen LogP contribution in [0, 0.1) is 11.3 Å². The van der Waals surface area contributed by atoms with Gasteiger partial charge in [0, 0.05) is 13.0 Å². The summed E-state index contributed by atoms with van der Waals surface area (Å²) in [6, 6.07) is 17.3. The van der Waals surface area contributed by atoms with Gasteiger partial charge in [0.05, 0.1) is 48.0 Å². The summed E-state index contributed by atoms with van der Waals surface area (Å²) in [7, 11) is 1.20. The third-order valence-electron chi connectivity index (χ3n) is 10.4. The Kier molecular flexibility index (Phi) is 10.3. The van der Waals surface area contributed by atoms with Gasteiger partial charge in [-0.05, 0) is 64.3 Å². The second kappa shape index (κ2) is 14.0. The Morgan fingerprint density at radius 3 is 2.08 bits per heavy atom. The van der Waals surface area contributed by atoms with E-state index in [9.17, 15) is 29.1 Å². The molecule has 268 valence electrons. The standard InChI is InChI=1S/C38H44O12/c1-23(39)46-26-21-22-36(4,44)38-32(48-29(42)20-19-27(40)45-6)30(35(2,3)50-38)31(47-28(41)18-17-24-13-9-7-10-14-24)33(37(26,38)5)49-34(43)25-15-11-8-12-16-25/h7-18,26,30-33,44H,19-22H2,1-6H3/b18-17+/t26-,30+,31-,32+,33-,36-,37-,38-/m0/s1. The van der Waals surface area contributed by atoms with E-state index in [4.69, 9.17) is 28.4 Å². The molecular formula is C38H44O12. The van der Waals surface area contributed by atoms with Crippen LogP contribution in [0.3, 0.4) is 0 Å². The average Bonchev–Trinajstić information content (AvgIpc) is 3.29. The molecule has 1 aliphatic heterocycles. The Balaban J connectivity index is 1.69. The van der Waals surface area contributed by atoms with Crippen molar-refractivity contribution < 1.29 is 57.5 Å². The fourth-order valence-corrected chi connectivity index (χ4v) is 8.23. The van der Waals surface area contributed by atoms with E-state index < -0.39 is 82.4 Å². The number of hydrogen-bond acceptors (Lipinski definition) is 12. The van der Waals surface area contributed by atoms with Crippen LogP contribution in [0.2, 0.25) is 0 Å². The Morgan fingerprint density at radius 1 is 0.840 bits per heavy atom. The van der Waals surface area contributed by atoms with E-state index in [1.165, 1.54) is 27.0 Å². The van der Waals surface area contributed by atoms with Gasteiger partial charge in [-0.2, -0.15) is 0 Å². The van der Waals surface area contributed by atoms with Gasteiger partial charge >= 0.3 is 29.8 Å². The van der Waals surface area contributed by atoms with E-state index in [1.807, 2.05) is 18.2 Å². The van der Waals surface area contributed by atoms with Crippen LogP contribution in [-0.4, -0.2) is 83.3 Å². The maximum Gasteiger partial charge on any atom is 0.338 e. The molecule has 0 radical (unpaired) electrons. The molecule has 0 aromatic heterocycles. The molecule has 0 unspecified atom stereocenters. The fourth-order valence-electron chi connectivity index (χ4n) is 8.23. The maximum absolute atomic E-state index is 13.9. The van der Waals surface area contributed by atoms with Crippen LogP contribution in [0.25, 0.3) is 6.08 Å². The van der Waals surface area contributed by atoms with Crippen molar-refractivity contribution in [3.05, 3.63) is 77.9 Å². The monoisotopic (exact) mass is 692 g/mol. The summed E-state index contributed by atoms with van der Waals surface area (Å²) < 4.78 is 36.2. The van der Waals surface area contributed by atoms with Crippen molar-refractivity contribution in [3.8, 4) is 0 Å². The molecule has 5 rings (SSSR count). The minimum atomic E-state index is -1.88. The topological polar surface area (TPSA) is 161 Å². The molecular weight excluding hydrogens is 648 g/mol. The molecule has 3 aliphatic rings. The zero-order valence-electron chi connectivity index (χ0n) is 29.1. The fraction of sp³-hybridized carbons (Fsp3) is 0.500. The summed E-state index contributed by atoms with van der Waals surface area (Å²) in [5, 5.41) is 12.4. The first-order valence-corrected chi connectivity index (χ1v) is 16.6. The summed E-state index contributed by atoms with van der Waals surface area (Å²) in [5.74, 6) is -4.65. The summed E-state index contributed by atoms with van der Waals surface area (Å²) >= 11 is 0. The largest absolute Gasteiger partial charge is 0.469 e. The number of fused-ring (bicyclic) bond motifs is 1. The third-order valence-corrected chi connectivity index (χ3v) is 10.4. The highest BCUT2D eigenvalue weighted by Crippen LogP contribution is 2.69. The van der Waals surface area contributed by atoms with Crippen molar-refractivity contribution in [2.75, 3.05) is 7.11 Å². The highest BCUT2D eigenvalue weighted by Gasteiger charge is 2.85. The van der Waals surface area contributed by atoms with Crippen LogP contribution >= 0.6 is 0 Å². The zero-order chi connectivity index (χ0) is 36.5. The molecule has 2 saturated carbocycles. The highest BCUT2D eigenvalue weighted by molar-refractivity contribution is 5.90. The predicted molar refractivity (Wildman–Crippen MR) is 177 cm³/mol. The molecule has 3 fully saturated rings. The molecule has 2 aromatic rings. The Hall–Kier alpha value is -4.55. The number of ether oxygens (including phenoxy) is 6. The molecule has 50 heavy (non-hydrogen) atoms. The van der Waals surface area contributed by atoms with Crippen molar-refractivity contribution in [2.45, 2.75) is 102 Å². The second-order valence-electron chi connectivity index (χ2n) is 14.0. The number of aliphatic hydroxyl groups is 1. The SMILES string of the molecule is COC(=O)CCC(=O)O[C@@H]1[C@H]2[C@H](OC(=O)/C=C/c3ccccc3)[C@H](OC(=O)c3ccccc3)[C@]3(C)[C@@H](OC(C)=O)CC[C@](C)(O)[C@@]13OC2(C)C. The summed E-state index contributed by atoms with van der Waals surface area (Å²) in [6.07, 6.45) is -2.81. The number of methoxy groups -OCH3 is 1. The summed E-state index contributed by atoms with van der Waals surface area (Å²) in [4.78, 5) is 65.6. The number of carbonyl (C=O) groups excluding carboxylic acids is 5. The quantitative estimate of drug-likeness (QED) is 0.213. The molecule has 1 saturated heterocycles. The van der Waals surface area contributed by atoms with Gasteiger partial charge < -0.3 is 33.5 Å². The average molecular weight is 693 g/mol. The van der Waals surface area contributed by atoms with E-state index >= 15 is 0 Å². The van der Waals surface area contributed by atoms with Gasteiger partial charge in [-0.3, -0.25) is 14.4 Å². The number of rotatable bonds is 10. The third kappa shape index (κ3) is 6.54. The molecule has 2 aromatic carbocycles. The lowest BCUT2D eigenvalue weighted by atomic mass is 9.47. The molecule has 1 spiro atoms. The van der Waals surface area contributed by atoms with Crippen LogP contribution in [0.1, 0.15) is 76.2 Å². The van der Waals surface area contributed by atoms with E-state index in [0.29, 0.717) is 0 Å². The van der Waals surface area contributed by atoms with Crippen LogP contribution in [0.15, 0.2) is 66.7 Å². The van der Waals surface area contributed by atoms with Crippen LogP contribution in [0.5, 0.6) is 0 Å². The normalized spacial score (nSPS) is 32.3. The first-order chi connectivity index (χ1) is 23.6. The van der Waals surface area contributed by atoms with Gasteiger partial charge in [0.1, 0.15) is 23.9 Å². The van der Waals surface area contributed by atoms with Crippen molar-refractivity contribution in [1.29, 1.82) is 0 Å². The van der Waals surface area contributed by atoms with Crippen LogP contribution in [0.4, 0.5) is 0 Å². The van der Waals surface area contributed by atoms with Crippen molar-refractivity contribution in [3.63, 3.8) is 0 Å². The predicted octanol–water partition coefficient (Wildman–Crippen LogP) is 4.36. The first-order valence-electron chi connectivity index (χ1n) is 16.6. The van der Waals surface area contributed by atoms with Crippen LogP contribution < -0.4 is 0 Å². The van der Waals surface area contributed by atoms with E-state index in [-0.39, 0.29) is 31.2 Å². The molecule has 1 heterocycles. The lowest BCUT2D eigenvalue weighted by Crippen LogP contribution is -2.81. The summed E-state index contributed by atoms with van der Waals surface area (Å²) in [5.41, 5.74) is -5.69. The zero-order valence-corrected chi connectivity index (χ0v) is 29.1. The molecule has 12 nitrogen and oxygen atoms in total. The van der Waals surface area contributed by atoms with E-state index in [1.54, 1.807) is 69.3 Å². The van der Waals surface area contributed by atoms with Crippen molar-refractivity contribution in [1.82, 2.24) is 0 Å². The number of esters is 5. The Labute approximate surface area is 291 Å². The van der Waals surface area contributed by atoms with Crippen molar-refractivity contribution in [2.24, 2.45) is 11.3 Å². The molecule has 0 amide bonds. The van der Waals surface area contributed by atoms with Gasteiger partial charge in [0.25, 0.3) is 0 Å². The van der Waals surface area contributed by atoms with Gasteiger partial charge in [-0.15, -0.1) is 0 Å². The number of benzene rings is 2. The lowest BCUT2D eigenvalue weighted by Gasteiger charge is -2.65. The van der Waals surface area contributed by atoms with Crippen LogP contribution in [-0.2, 0) is 47.6 Å².